The molecule has 0 aliphatic carbocycles. The van der Waals surface area contributed by atoms with E-state index in [4.69, 9.17) is 4.42 Å². The average molecular weight is 401 g/mol. The molecule has 1 aliphatic heterocycles. The second-order valence-electron chi connectivity index (χ2n) is 8.80. The molecule has 2 aromatic carbocycles. The van der Waals surface area contributed by atoms with Gasteiger partial charge in [0.15, 0.2) is 0 Å². The van der Waals surface area contributed by atoms with Crippen molar-refractivity contribution in [3.05, 3.63) is 71.7 Å². The zero-order chi connectivity index (χ0) is 21.2. The van der Waals surface area contributed by atoms with Gasteiger partial charge in [-0.15, -0.1) is 0 Å². The minimum Gasteiger partial charge on any atom is -0.456 e. The lowest BCUT2D eigenvalue weighted by Gasteiger charge is -2.42. The van der Waals surface area contributed by atoms with Gasteiger partial charge in [-0.25, -0.2) is 0 Å². The number of fused-ring (bicyclic) bond motifs is 3. The van der Waals surface area contributed by atoms with Crippen molar-refractivity contribution >= 4 is 27.8 Å². The number of aryl methyl sites for hydroxylation is 3. The highest BCUT2D eigenvalue weighted by Crippen LogP contribution is 2.43. The Kier molecular flexibility index (Phi) is 4.01. The molecule has 0 radical (unpaired) electrons. The van der Waals surface area contributed by atoms with Crippen molar-refractivity contribution in [2.24, 2.45) is 7.05 Å². The Morgan fingerprint density at radius 2 is 1.77 bits per heavy atom. The Bertz CT molecular complexity index is 1290. The summed E-state index contributed by atoms with van der Waals surface area (Å²) in [5.74, 6) is 1.10. The molecule has 0 N–H and O–H groups in total. The number of hydrogen-bond acceptors (Lipinski definition) is 4. The highest BCUT2D eigenvalue weighted by Gasteiger charge is 2.38. The van der Waals surface area contributed by atoms with E-state index in [1.807, 2.05) is 30.8 Å². The summed E-state index contributed by atoms with van der Waals surface area (Å²) in [5, 5.41) is 6.92. The molecule has 0 saturated heterocycles. The second-order valence-corrected chi connectivity index (χ2v) is 8.80. The fraction of sp³-hybridized carbons (Fsp3) is 0.320. The van der Waals surface area contributed by atoms with E-state index in [9.17, 15) is 0 Å². The van der Waals surface area contributed by atoms with Gasteiger partial charge in [0.2, 0.25) is 0 Å². The van der Waals surface area contributed by atoms with Gasteiger partial charge in [0.25, 0.3) is 0 Å². The number of rotatable bonds is 3. The molecule has 1 atom stereocenters. The van der Waals surface area contributed by atoms with E-state index >= 15 is 0 Å². The highest BCUT2D eigenvalue weighted by molar-refractivity contribution is 6.07. The summed E-state index contributed by atoms with van der Waals surface area (Å²) in [5.41, 5.74) is 5.25. The van der Waals surface area contributed by atoms with Crippen LogP contribution < -0.4 is 4.90 Å². The Labute approximate surface area is 177 Å². The second kappa shape index (κ2) is 6.39. The molecule has 30 heavy (non-hydrogen) atoms. The number of para-hydroxylation sites is 1. The first-order valence-corrected chi connectivity index (χ1v) is 10.5. The molecule has 5 nitrogen and oxygen atoms in total. The molecule has 0 spiro atoms. The largest absolute Gasteiger partial charge is 0.456 e. The van der Waals surface area contributed by atoms with Crippen molar-refractivity contribution < 1.29 is 4.42 Å². The van der Waals surface area contributed by atoms with Crippen molar-refractivity contribution in [2.75, 3.05) is 4.90 Å². The molecule has 154 valence electrons. The molecular formula is C25H28N4O. The van der Waals surface area contributed by atoms with Crippen LogP contribution in [0.2, 0.25) is 0 Å². The first kappa shape index (κ1) is 18.8. The average Bonchev–Trinajstić information content (AvgIpc) is 3.36. The van der Waals surface area contributed by atoms with E-state index in [1.165, 1.54) is 21.9 Å². The fourth-order valence-electron chi connectivity index (χ4n) is 5.12. The van der Waals surface area contributed by atoms with E-state index < -0.39 is 0 Å². The molecule has 3 heterocycles. The molecule has 0 saturated carbocycles. The SMILES string of the molecule is Cc1cc(N2C=CN(C(C)(C)c3c(C)ccc4oc5ccccc5c34)[C@@H]2C)n(C)n1. The van der Waals surface area contributed by atoms with Crippen LogP contribution in [0.25, 0.3) is 21.9 Å². The van der Waals surface area contributed by atoms with Crippen LogP contribution in [-0.2, 0) is 12.6 Å². The molecule has 4 aromatic rings. The predicted molar refractivity (Wildman–Crippen MR) is 122 cm³/mol. The van der Waals surface area contributed by atoms with Crippen molar-refractivity contribution in [3.63, 3.8) is 0 Å². The Hall–Kier alpha value is -3.21. The summed E-state index contributed by atoms with van der Waals surface area (Å²) in [6.07, 6.45) is 4.52. The fourth-order valence-corrected chi connectivity index (χ4v) is 5.12. The molecule has 0 amide bonds. The normalized spacial score (nSPS) is 17.1. The number of aromatic nitrogens is 2. The minimum absolute atomic E-state index is 0.155. The van der Waals surface area contributed by atoms with Gasteiger partial charge in [0.1, 0.15) is 23.1 Å². The number of hydrogen-bond donors (Lipinski definition) is 0. The van der Waals surface area contributed by atoms with Crippen LogP contribution in [-0.4, -0.2) is 20.8 Å². The molecule has 0 bridgehead atoms. The summed E-state index contributed by atoms with van der Waals surface area (Å²) in [7, 11) is 2.00. The Morgan fingerprint density at radius 3 is 2.50 bits per heavy atom. The minimum atomic E-state index is -0.242. The van der Waals surface area contributed by atoms with Gasteiger partial charge >= 0.3 is 0 Å². The third-order valence-corrected chi connectivity index (χ3v) is 6.44. The van der Waals surface area contributed by atoms with E-state index in [1.54, 1.807) is 0 Å². The Morgan fingerprint density at radius 1 is 1.00 bits per heavy atom. The zero-order valence-corrected chi connectivity index (χ0v) is 18.5. The van der Waals surface area contributed by atoms with Gasteiger partial charge in [0.05, 0.1) is 11.2 Å². The topological polar surface area (TPSA) is 37.4 Å². The molecule has 0 unspecified atom stereocenters. The maximum absolute atomic E-state index is 6.18. The first-order valence-electron chi connectivity index (χ1n) is 10.5. The lowest BCUT2D eigenvalue weighted by molar-refractivity contribution is 0.153. The van der Waals surface area contributed by atoms with Crippen LogP contribution >= 0.6 is 0 Å². The van der Waals surface area contributed by atoms with Crippen LogP contribution in [0.15, 0.2) is 59.3 Å². The highest BCUT2D eigenvalue weighted by atomic mass is 16.3. The standard InChI is InChI=1S/C25H28N4O/c1-16-11-12-21-23(19-9-7-8-10-20(19)30-21)24(16)25(4,5)29-14-13-28(18(29)3)22-15-17(2)26-27(22)6/h7-15,18H,1-6H3/t18-/m1/s1. The van der Waals surface area contributed by atoms with Crippen LogP contribution in [0.5, 0.6) is 0 Å². The van der Waals surface area contributed by atoms with Gasteiger partial charge < -0.3 is 14.2 Å². The molecule has 1 aliphatic rings. The lowest BCUT2D eigenvalue weighted by Crippen LogP contribution is -2.47. The summed E-state index contributed by atoms with van der Waals surface area (Å²) in [6, 6.07) is 14.7. The maximum Gasteiger partial charge on any atom is 0.135 e. The summed E-state index contributed by atoms with van der Waals surface area (Å²) in [6.45, 7) is 11.1. The Balaban J connectivity index is 1.64. The number of anilines is 1. The number of furan rings is 1. The molecule has 0 fully saturated rings. The lowest BCUT2D eigenvalue weighted by atomic mass is 9.85. The monoisotopic (exact) mass is 400 g/mol. The summed E-state index contributed by atoms with van der Waals surface area (Å²) in [4.78, 5) is 4.71. The molecular weight excluding hydrogens is 372 g/mol. The third kappa shape index (κ3) is 2.58. The number of nitrogens with zero attached hydrogens (tertiary/aromatic N) is 4. The van der Waals surface area contributed by atoms with Gasteiger partial charge in [-0.05, 0) is 57.9 Å². The quantitative estimate of drug-likeness (QED) is 0.435. The molecule has 5 heteroatoms. The zero-order valence-electron chi connectivity index (χ0n) is 18.5. The molecule has 5 rings (SSSR count). The van der Waals surface area contributed by atoms with Crippen molar-refractivity contribution in [1.29, 1.82) is 0 Å². The van der Waals surface area contributed by atoms with Crippen molar-refractivity contribution in [2.45, 2.75) is 46.3 Å². The third-order valence-electron chi connectivity index (χ3n) is 6.44. The van der Waals surface area contributed by atoms with Crippen molar-refractivity contribution in [3.8, 4) is 0 Å². The van der Waals surface area contributed by atoms with E-state index in [2.05, 4.69) is 85.3 Å². The maximum atomic E-state index is 6.18. The van der Waals surface area contributed by atoms with E-state index in [0.717, 1.165) is 22.7 Å². The molecule has 2 aromatic heterocycles. The first-order chi connectivity index (χ1) is 14.3. The smallest absolute Gasteiger partial charge is 0.135 e. The number of benzene rings is 2. The van der Waals surface area contributed by atoms with Crippen LogP contribution in [0.1, 0.15) is 37.6 Å². The summed E-state index contributed by atoms with van der Waals surface area (Å²) < 4.78 is 8.13. The van der Waals surface area contributed by atoms with Gasteiger partial charge in [-0.2, -0.15) is 5.10 Å². The van der Waals surface area contributed by atoms with Crippen molar-refractivity contribution in [1.82, 2.24) is 14.7 Å². The van der Waals surface area contributed by atoms with Crippen LogP contribution in [0, 0.1) is 13.8 Å². The van der Waals surface area contributed by atoms with Gasteiger partial charge in [0, 0.05) is 36.3 Å². The predicted octanol–water partition coefficient (Wildman–Crippen LogP) is 5.81. The van der Waals surface area contributed by atoms with E-state index in [-0.39, 0.29) is 11.7 Å². The van der Waals surface area contributed by atoms with Gasteiger partial charge in [-0.3, -0.25) is 4.68 Å². The van der Waals surface area contributed by atoms with Gasteiger partial charge in [-0.1, -0.05) is 24.3 Å². The van der Waals surface area contributed by atoms with E-state index in [0.29, 0.717) is 0 Å². The van der Waals surface area contributed by atoms with Crippen LogP contribution in [0.3, 0.4) is 0 Å². The summed E-state index contributed by atoms with van der Waals surface area (Å²) >= 11 is 0. The van der Waals surface area contributed by atoms with Crippen LogP contribution in [0.4, 0.5) is 5.82 Å².